The van der Waals surface area contributed by atoms with Gasteiger partial charge in [-0.2, -0.15) is 0 Å². The molecule has 0 saturated heterocycles. The molecule has 11 heavy (non-hydrogen) atoms. The van der Waals surface area contributed by atoms with Crippen molar-refractivity contribution in [1.82, 2.24) is 19.9 Å². The van der Waals surface area contributed by atoms with Gasteiger partial charge in [-0.15, -0.1) is 0 Å². The Morgan fingerprint density at radius 3 is 2.82 bits per heavy atom. The molecule has 0 unspecified atom stereocenters. The maximum atomic E-state index is 5.47. The quantitative estimate of drug-likeness (QED) is 0.511. The van der Waals surface area contributed by atoms with Crippen LogP contribution in [-0.4, -0.2) is 25.4 Å². The Labute approximate surface area is 61.8 Å². The summed E-state index contributed by atoms with van der Waals surface area (Å²) >= 11 is 0. The second kappa shape index (κ2) is 2.51. The highest BCUT2D eigenvalue weighted by Crippen LogP contribution is 2.09. The number of anilines is 1. The van der Waals surface area contributed by atoms with E-state index in [9.17, 15) is 0 Å². The number of H-pyrrole nitrogens is 1. The number of hydrogen-bond acceptors (Lipinski definition) is 4. The maximum Gasteiger partial charge on any atom is 0.162 e. The van der Waals surface area contributed by atoms with E-state index in [0.29, 0.717) is 17.0 Å². The molecule has 2 rings (SSSR count). The molecule has 0 spiro atoms. The minimum absolute atomic E-state index is 0. The minimum Gasteiger partial charge on any atom is -0.412 e. The fourth-order valence-electron chi connectivity index (χ4n) is 0.783. The fraction of sp³-hybridized carbons (Fsp3) is 0. The van der Waals surface area contributed by atoms with Gasteiger partial charge >= 0.3 is 0 Å². The number of aromatic nitrogens is 4. The number of nitrogens with zero attached hydrogens (tertiary/aromatic N) is 3. The van der Waals surface area contributed by atoms with Crippen molar-refractivity contribution in [2.75, 3.05) is 5.73 Å². The molecule has 6 nitrogen and oxygen atoms in total. The van der Waals surface area contributed by atoms with E-state index < -0.39 is 0 Å². The van der Waals surface area contributed by atoms with Gasteiger partial charge in [0.05, 0.1) is 6.33 Å². The van der Waals surface area contributed by atoms with E-state index >= 15 is 0 Å². The van der Waals surface area contributed by atoms with Gasteiger partial charge in [-0.05, 0) is 0 Å². The monoisotopic (exact) mass is 153 g/mol. The predicted octanol–water partition coefficient (Wildman–Crippen LogP) is -0.890. The Morgan fingerprint density at radius 1 is 1.27 bits per heavy atom. The summed E-state index contributed by atoms with van der Waals surface area (Å²) in [6.45, 7) is 0. The lowest BCUT2D eigenvalue weighted by atomic mass is 10.5. The smallest absolute Gasteiger partial charge is 0.162 e. The molecule has 0 fully saturated rings. The van der Waals surface area contributed by atoms with Crippen LogP contribution >= 0.6 is 0 Å². The molecule has 2 aromatic heterocycles. The molecule has 5 N–H and O–H groups in total. The van der Waals surface area contributed by atoms with Crippen molar-refractivity contribution in [3.8, 4) is 0 Å². The topological polar surface area (TPSA) is 112 Å². The lowest BCUT2D eigenvalue weighted by Gasteiger charge is -1.88. The van der Waals surface area contributed by atoms with Gasteiger partial charge in [0.15, 0.2) is 11.5 Å². The van der Waals surface area contributed by atoms with Crippen LogP contribution in [0.3, 0.4) is 0 Å². The van der Waals surface area contributed by atoms with Crippen LogP contribution in [0.4, 0.5) is 5.82 Å². The van der Waals surface area contributed by atoms with Crippen LogP contribution in [0, 0.1) is 0 Å². The molecule has 0 aliphatic heterocycles. The molecular formula is C5H7N5O. The summed E-state index contributed by atoms with van der Waals surface area (Å²) in [5.74, 6) is 0.409. The minimum atomic E-state index is 0. The lowest BCUT2D eigenvalue weighted by molar-refractivity contribution is 0.824. The average Bonchev–Trinajstić information content (AvgIpc) is 2.36. The molecule has 0 saturated carbocycles. The van der Waals surface area contributed by atoms with E-state index in [0.717, 1.165) is 0 Å². The molecule has 6 heteroatoms. The van der Waals surface area contributed by atoms with Crippen LogP contribution in [0.15, 0.2) is 12.7 Å². The fourth-order valence-corrected chi connectivity index (χ4v) is 0.783. The van der Waals surface area contributed by atoms with Crippen molar-refractivity contribution in [2.45, 2.75) is 0 Å². The van der Waals surface area contributed by atoms with Crippen molar-refractivity contribution in [1.29, 1.82) is 0 Å². The second-order valence-electron chi connectivity index (χ2n) is 1.86. The Hall–Kier alpha value is -1.69. The largest absolute Gasteiger partial charge is 0.412 e. The lowest BCUT2D eigenvalue weighted by Crippen LogP contribution is -1.91. The van der Waals surface area contributed by atoms with Crippen molar-refractivity contribution in [2.24, 2.45) is 0 Å². The number of aromatic amines is 1. The van der Waals surface area contributed by atoms with E-state index in [4.69, 9.17) is 5.73 Å². The van der Waals surface area contributed by atoms with Gasteiger partial charge < -0.3 is 16.2 Å². The zero-order valence-electron chi connectivity index (χ0n) is 5.57. The number of nitrogens with one attached hydrogen (secondary N) is 1. The molecule has 2 aromatic rings. The standard InChI is InChI=1S/C5H5N5.H2O/c6-4-3-5(9-1-7-3)10-2-8-4;/h1-2H,(H3,6,7,8,9,10);1H2. The highest BCUT2D eigenvalue weighted by Gasteiger charge is 1.99. The molecule has 0 atom stereocenters. The van der Waals surface area contributed by atoms with Crippen LogP contribution < -0.4 is 5.73 Å². The molecule has 0 bridgehead atoms. The van der Waals surface area contributed by atoms with Crippen LogP contribution in [-0.2, 0) is 0 Å². The van der Waals surface area contributed by atoms with E-state index in [1.807, 2.05) is 0 Å². The molecule has 2 heterocycles. The number of rotatable bonds is 0. The summed E-state index contributed by atoms with van der Waals surface area (Å²) < 4.78 is 0. The summed E-state index contributed by atoms with van der Waals surface area (Å²) in [4.78, 5) is 14.4. The van der Waals surface area contributed by atoms with E-state index in [-0.39, 0.29) is 5.48 Å². The van der Waals surface area contributed by atoms with E-state index in [1.165, 1.54) is 12.7 Å². The van der Waals surface area contributed by atoms with E-state index in [1.54, 1.807) is 0 Å². The SMILES string of the molecule is Nc1ncnc2[nH]cnc12.O. The first-order chi connectivity index (χ1) is 4.88. The highest BCUT2D eigenvalue weighted by molar-refractivity contribution is 5.80. The zero-order valence-corrected chi connectivity index (χ0v) is 5.57. The predicted molar refractivity (Wildman–Crippen MR) is 39.7 cm³/mol. The Morgan fingerprint density at radius 2 is 2.09 bits per heavy atom. The first kappa shape index (κ1) is 7.42. The van der Waals surface area contributed by atoms with Gasteiger partial charge in [0.2, 0.25) is 0 Å². The summed E-state index contributed by atoms with van der Waals surface area (Å²) in [5.41, 5.74) is 6.77. The number of hydrogen-bond donors (Lipinski definition) is 2. The Balaban J connectivity index is 0.000000605. The molecule has 0 aromatic carbocycles. The van der Waals surface area contributed by atoms with Gasteiger partial charge in [0.1, 0.15) is 11.8 Å². The third-order valence-electron chi connectivity index (χ3n) is 1.25. The maximum absolute atomic E-state index is 5.47. The Kier molecular flexibility index (Phi) is 1.69. The molecule has 58 valence electrons. The summed E-state index contributed by atoms with van der Waals surface area (Å²) in [7, 11) is 0. The van der Waals surface area contributed by atoms with Gasteiger partial charge in [0.25, 0.3) is 0 Å². The van der Waals surface area contributed by atoms with Crippen LogP contribution in [0.2, 0.25) is 0 Å². The Bertz CT molecular complexity index is 356. The first-order valence-electron chi connectivity index (χ1n) is 2.77. The van der Waals surface area contributed by atoms with Crippen molar-refractivity contribution < 1.29 is 5.48 Å². The molecular weight excluding hydrogens is 146 g/mol. The summed E-state index contributed by atoms with van der Waals surface area (Å²) in [5, 5.41) is 0. The number of fused-ring (bicyclic) bond motifs is 1. The zero-order chi connectivity index (χ0) is 6.97. The number of nitrogens with two attached hydrogens (primary N) is 1. The van der Waals surface area contributed by atoms with Gasteiger partial charge in [-0.1, -0.05) is 0 Å². The van der Waals surface area contributed by atoms with Crippen LogP contribution in [0.25, 0.3) is 11.2 Å². The third kappa shape index (κ3) is 0.987. The van der Waals surface area contributed by atoms with Gasteiger partial charge in [-0.25, -0.2) is 15.0 Å². The number of imidazole rings is 1. The molecule has 0 radical (unpaired) electrons. The van der Waals surface area contributed by atoms with Crippen LogP contribution in [0.5, 0.6) is 0 Å². The molecule has 0 aliphatic rings. The normalized spacial score (nSPS) is 9.45. The van der Waals surface area contributed by atoms with Crippen molar-refractivity contribution in [3.05, 3.63) is 12.7 Å². The average molecular weight is 153 g/mol. The van der Waals surface area contributed by atoms with Crippen molar-refractivity contribution in [3.63, 3.8) is 0 Å². The first-order valence-corrected chi connectivity index (χ1v) is 2.77. The van der Waals surface area contributed by atoms with E-state index in [2.05, 4.69) is 19.9 Å². The number of nitrogen functional groups attached to an aromatic ring is 1. The second-order valence-corrected chi connectivity index (χ2v) is 1.86. The van der Waals surface area contributed by atoms with Crippen molar-refractivity contribution >= 4 is 17.0 Å². The third-order valence-corrected chi connectivity index (χ3v) is 1.25. The summed E-state index contributed by atoms with van der Waals surface area (Å²) in [6, 6.07) is 0. The van der Waals surface area contributed by atoms with Crippen LogP contribution in [0.1, 0.15) is 0 Å². The molecule has 0 amide bonds. The summed E-state index contributed by atoms with van der Waals surface area (Å²) in [6.07, 6.45) is 2.94. The van der Waals surface area contributed by atoms with Gasteiger partial charge in [0, 0.05) is 0 Å². The highest BCUT2D eigenvalue weighted by atomic mass is 16.0. The van der Waals surface area contributed by atoms with Gasteiger partial charge in [-0.3, -0.25) is 0 Å². The molecule has 0 aliphatic carbocycles.